The monoisotopic (exact) mass is 563 g/mol. The Morgan fingerprint density at radius 3 is 2.38 bits per heavy atom. The van der Waals surface area contributed by atoms with Crippen molar-refractivity contribution in [2.75, 3.05) is 47.1 Å². The van der Waals surface area contributed by atoms with E-state index in [4.69, 9.17) is 19.3 Å². The van der Waals surface area contributed by atoms with Gasteiger partial charge in [0.05, 0.1) is 19.4 Å². The van der Waals surface area contributed by atoms with Gasteiger partial charge in [0.25, 0.3) is 0 Å². The number of nitroso groups, excluding NO2 is 1. The second-order valence-corrected chi connectivity index (χ2v) is 6.79. The lowest BCUT2D eigenvalue weighted by Gasteiger charge is -2.06. The van der Waals surface area contributed by atoms with Crippen LogP contribution < -0.4 is 10.1 Å². The predicted molar refractivity (Wildman–Crippen MR) is 153 cm³/mol. The molecule has 0 aromatic carbocycles. The average Bonchev–Trinajstić information content (AvgIpc) is 3.63. The van der Waals surface area contributed by atoms with E-state index in [-0.39, 0.29) is 17.1 Å². The van der Waals surface area contributed by atoms with Crippen LogP contribution in [0.5, 0.6) is 5.88 Å². The number of hydrogen-bond donors (Lipinski definition) is 2. The van der Waals surface area contributed by atoms with Crippen LogP contribution in [-0.4, -0.2) is 85.7 Å². The van der Waals surface area contributed by atoms with E-state index in [1.165, 1.54) is 23.4 Å². The number of carbonyl (C=O) groups excluding carboxylic acids is 2. The summed E-state index contributed by atoms with van der Waals surface area (Å²) >= 11 is 0. The molecule has 14 nitrogen and oxygen atoms in total. The molecule has 0 bridgehead atoms. The molecule has 0 fully saturated rings. The van der Waals surface area contributed by atoms with E-state index in [0.29, 0.717) is 49.7 Å². The van der Waals surface area contributed by atoms with Gasteiger partial charge in [-0.25, -0.2) is 9.97 Å². The Kier molecular flexibility index (Phi) is 25.1. The van der Waals surface area contributed by atoms with Crippen molar-refractivity contribution >= 4 is 24.5 Å². The first kappa shape index (κ1) is 38.0. The zero-order valence-corrected chi connectivity index (χ0v) is 24.2. The fourth-order valence-electron chi connectivity index (χ4n) is 2.22. The summed E-state index contributed by atoms with van der Waals surface area (Å²) < 4.78 is 21.9. The van der Waals surface area contributed by atoms with Crippen LogP contribution in [0.1, 0.15) is 48.7 Å². The standard InChI is InChI=1S/C14H17N3O4.C5H5N3O2.C3H8O.C2H5N.C2H6/c1-15-4-5-19-6-7-20-13-8-11(2-3-16-13)14-17-12(9-18)10-21-14;1-8-2-4(7-10)5(3-9)6-8;1-3-4-2;1-2-3;1-2/h2-3,8-10,15H,4-7H2,1H3;2-3H,1H3;3H2,1-2H3;2-3H,1H3;1-2H3. The number of methoxy groups -OCH3 is 1. The molecule has 2 N–H and O–H groups in total. The van der Waals surface area contributed by atoms with E-state index >= 15 is 0 Å². The SMILES string of the molecule is CC.CC=N.CCOC.CNCCOCCOc1cc(-c2nc(C=O)co2)ccn1.Cn1cc(N=O)c(C=O)n1. The van der Waals surface area contributed by atoms with Crippen molar-refractivity contribution in [1.82, 2.24) is 25.1 Å². The minimum absolute atomic E-state index is 0.0810. The Bertz CT molecular complexity index is 1040. The molecule has 3 aromatic rings. The van der Waals surface area contributed by atoms with E-state index in [1.54, 1.807) is 39.4 Å². The molecule has 0 atom stereocenters. The minimum Gasteiger partial charge on any atom is -0.475 e. The summed E-state index contributed by atoms with van der Waals surface area (Å²) in [5.74, 6) is 0.810. The van der Waals surface area contributed by atoms with Gasteiger partial charge in [0, 0.05) is 45.1 Å². The van der Waals surface area contributed by atoms with Crippen LogP contribution in [0.25, 0.3) is 11.5 Å². The maximum Gasteiger partial charge on any atom is 0.226 e. The molecule has 0 spiro atoms. The number of ether oxygens (including phenoxy) is 3. The van der Waals surface area contributed by atoms with Crippen molar-refractivity contribution in [3.63, 3.8) is 0 Å². The largest absolute Gasteiger partial charge is 0.475 e. The van der Waals surface area contributed by atoms with E-state index in [1.807, 2.05) is 27.8 Å². The number of aryl methyl sites for hydroxylation is 1. The van der Waals surface area contributed by atoms with Crippen LogP contribution in [-0.2, 0) is 16.5 Å². The molecule has 0 unspecified atom stereocenters. The second kappa shape index (κ2) is 26.5. The average molecular weight is 564 g/mol. The lowest BCUT2D eigenvalue weighted by molar-refractivity contribution is 0.101. The number of likely N-dealkylation sites (N-methyl/N-ethyl adjacent to an activating group) is 1. The molecule has 0 amide bonds. The third kappa shape index (κ3) is 17.4. The van der Waals surface area contributed by atoms with Gasteiger partial charge in [-0.15, -0.1) is 4.91 Å². The lowest BCUT2D eigenvalue weighted by Crippen LogP contribution is -2.16. The normalized spacial score (nSPS) is 9.07. The highest BCUT2D eigenvalue weighted by atomic mass is 16.5. The zero-order chi connectivity index (χ0) is 30.6. The highest BCUT2D eigenvalue weighted by Gasteiger charge is 2.08. The first-order chi connectivity index (χ1) is 19.4. The minimum atomic E-state index is 0.0810. The lowest BCUT2D eigenvalue weighted by atomic mass is 10.2. The van der Waals surface area contributed by atoms with Crippen molar-refractivity contribution in [2.24, 2.45) is 12.2 Å². The van der Waals surface area contributed by atoms with Gasteiger partial charge in [-0.05, 0) is 38.4 Å². The highest BCUT2D eigenvalue weighted by Crippen LogP contribution is 2.21. The smallest absolute Gasteiger partial charge is 0.226 e. The fraction of sp³-hybridized carbons (Fsp3) is 0.462. The summed E-state index contributed by atoms with van der Waals surface area (Å²) in [5.41, 5.74) is 1.11. The first-order valence-corrected chi connectivity index (χ1v) is 12.4. The Morgan fingerprint density at radius 1 is 1.20 bits per heavy atom. The highest BCUT2D eigenvalue weighted by molar-refractivity contribution is 5.79. The first-order valence-electron chi connectivity index (χ1n) is 12.4. The van der Waals surface area contributed by atoms with Gasteiger partial charge in [0.1, 0.15) is 18.6 Å². The molecule has 0 aliphatic carbocycles. The number of nitrogens with one attached hydrogen (secondary N) is 2. The molecule has 3 heterocycles. The van der Waals surface area contributed by atoms with E-state index < -0.39 is 0 Å². The van der Waals surface area contributed by atoms with Crippen LogP contribution in [0, 0.1) is 10.3 Å². The molecular weight excluding hydrogens is 522 g/mol. The van der Waals surface area contributed by atoms with Crippen LogP contribution in [0.2, 0.25) is 0 Å². The number of rotatable bonds is 12. The van der Waals surface area contributed by atoms with Crippen LogP contribution in [0.4, 0.5) is 5.69 Å². The molecular formula is C26H41N7O7. The van der Waals surface area contributed by atoms with Gasteiger partial charge < -0.3 is 29.4 Å². The van der Waals surface area contributed by atoms with Gasteiger partial charge in [-0.2, -0.15) is 5.10 Å². The summed E-state index contributed by atoms with van der Waals surface area (Å²) in [4.78, 5) is 38.8. The number of aromatic nitrogens is 4. The molecule has 40 heavy (non-hydrogen) atoms. The number of pyridine rings is 1. The maximum absolute atomic E-state index is 10.6. The van der Waals surface area contributed by atoms with Crippen LogP contribution in [0.3, 0.4) is 0 Å². The van der Waals surface area contributed by atoms with Gasteiger partial charge in [0.15, 0.2) is 24.0 Å². The number of oxazole rings is 1. The van der Waals surface area contributed by atoms with E-state index in [2.05, 4.69) is 30.3 Å². The van der Waals surface area contributed by atoms with Crippen molar-refractivity contribution < 1.29 is 28.2 Å². The summed E-state index contributed by atoms with van der Waals surface area (Å²) in [7, 11) is 5.16. The Labute approximate surface area is 234 Å². The number of hydrogen-bond acceptors (Lipinski definition) is 13. The van der Waals surface area contributed by atoms with Crippen LogP contribution >= 0.6 is 0 Å². The number of aldehydes is 2. The zero-order valence-electron chi connectivity index (χ0n) is 24.2. The predicted octanol–water partition coefficient (Wildman–Crippen LogP) is 4.13. The van der Waals surface area contributed by atoms with Crippen molar-refractivity contribution in [2.45, 2.75) is 27.7 Å². The molecule has 0 saturated carbocycles. The molecule has 0 radical (unpaired) electrons. The molecule has 14 heteroatoms. The summed E-state index contributed by atoms with van der Waals surface area (Å²) in [6.45, 7) is 10.8. The summed E-state index contributed by atoms with van der Waals surface area (Å²) in [6.07, 6.45) is 6.66. The Hall–Kier alpha value is -4.14. The van der Waals surface area contributed by atoms with Gasteiger partial charge in [-0.3, -0.25) is 14.3 Å². The fourth-order valence-corrected chi connectivity index (χ4v) is 2.22. The van der Waals surface area contributed by atoms with Crippen molar-refractivity contribution in [1.29, 1.82) is 5.41 Å². The number of carbonyl (C=O) groups is 2. The van der Waals surface area contributed by atoms with Crippen LogP contribution in [0.15, 0.2) is 40.4 Å². The molecule has 3 aromatic heterocycles. The Balaban J connectivity index is 0. The van der Waals surface area contributed by atoms with Gasteiger partial charge >= 0.3 is 0 Å². The molecule has 222 valence electrons. The molecule has 0 aliphatic rings. The summed E-state index contributed by atoms with van der Waals surface area (Å²) in [6, 6.07) is 3.44. The second-order valence-electron chi connectivity index (χ2n) is 6.79. The third-order valence-electron chi connectivity index (χ3n) is 3.93. The molecule has 0 aliphatic heterocycles. The van der Waals surface area contributed by atoms with E-state index in [0.717, 1.165) is 13.2 Å². The van der Waals surface area contributed by atoms with Gasteiger partial charge in [0.2, 0.25) is 11.8 Å². The van der Waals surface area contributed by atoms with E-state index in [9.17, 15) is 14.5 Å². The van der Waals surface area contributed by atoms with Gasteiger partial charge in [-0.1, -0.05) is 13.8 Å². The topological polar surface area (TPSA) is 184 Å². The quantitative estimate of drug-likeness (QED) is 0.140. The molecule has 3 rings (SSSR count). The van der Waals surface area contributed by atoms with Crippen molar-refractivity contribution in [3.8, 4) is 17.3 Å². The maximum atomic E-state index is 10.6. The Morgan fingerprint density at radius 2 is 1.88 bits per heavy atom. The molecule has 0 saturated heterocycles. The number of nitrogens with zero attached hydrogens (tertiary/aromatic N) is 5. The third-order valence-corrected chi connectivity index (χ3v) is 3.93. The van der Waals surface area contributed by atoms with Crippen molar-refractivity contribution in [3.05, 3.63) is 47.1 Å². The summed E-state index contributed by atoms with van der Waals surface area (Å²) in [5, 5.41) is 15.3.